The molecule has 0 bridgehead atoms. The average Bonchev–Trinajstić information content (AvgIpc) is 2.51. The second kappa shape index (κ2) is 7.89. The van der Waals surface area contributed by atoms with E-state index in [9.17, 15) is 10.1 Å². The summed E-state index contributed by atoms with van der Waals surface area (Å²) in [5.41, 5.74) is 2.17. The molecule has 5 nitrogen and oxygen atoms in total. The molecule has 22 heavy (non-hydrogen) atoms. The van der Waals surface area contributed by atoms with E-state index >= 15 is 0 Å². The summed E-state index contributed by atoms with van der Waals surface area (Å²) in [6.07, 6.45) is 1.15. The van der Waals surface area contributed by atoms with Crippen molar-refractivity contribution in [1.82, 2.24) is 0 Å². The first-order chi connectivity index (χ1) is 10.5. The van der Waals surface area contributed by atoms with Crippen LogP contribution in [-0.4, -0.2) is 26.8 Å². The molecule has 0 saturated carbocycles. The zero-order valence-electron chi connectivity index (χ0n) is 13.2. The van der Waals surface area contributed by atoms with Crippen molar-refractivity contribution in [2.75, 3.05) is 20.8 Å². The standard InChI is InChI=1S/C17H19NO4/c1-6-22-16(19)9-13(10-18)12-7-14(20-4)17(11(2)3)15(8-12)21-5/h7-9H,2,6H2,1,3-5H3. The molecule has 0 atom stereocenters. The highest BCUT2D eigenvalue weighted by Crippen LogP contribution is 2.37. The third kappa shape index (κ3) is 3.89. The summed E-state index contributed by atoms with van der Waals surface area (Å²) in [5, 5.41) is 9.28. The molecular weight excluding hydrogens is 282 g/mol. The van der Waals surface area contributed by atoms with Gasteiger partial charge in [0.1, 0.15) is 17.6 Å². The van der Waals surface area contributed by atoms with Crippen LogP contribution in [-0.2, 0) is 9.53 Å². The number of methoxy groups -OCH3 is 2. The Hall–Kier alpha value is -2.74. The van der Waals surface area contributed by atoms with E-state index in [1.807, 2.05) is 13.0 Å². The molecule has 0 radical (unpaired) electrons. The summed E-state index contributed by atoms with van der Waals surface area (Å²) in [5.74, 6) is 0.472. The lowest BCUT2D eigenvalue weighted by Crippen LogP contribution is -2.01. The van der Waals surface area contributed by atoms with Gasteiger partial charge >= 0.3 is 5.97 Å². The largest absolute Gasteiger partial charge is 0.496 e. The van der Waals surface area contributed by atoms with Crippen molar-refractivity contribution < 1.29 is 19.0 Å². The van der Waals surface area contributed by atoms with Gasteiger partial charge in [-0.15, -0.1) is 0 Å². The Labute approximate surface area is 130 Å². The Balaban J connectivity index is 3.45. The van der Waals surface area contributed by atoms with E-state index in [0.29, 0.717) is 17.1 Å². The van der Waals surface area contributed by atoms with Gasteiger partial charge in [-0.3, -0.25) is 0 Å². The normalized spacial score (nSPS) is 10.6. The molecule has 0 aromatic heterocycles. The molecule has 0 N–H and O–H groups in total. The van der Waals surface area contributed by atoms with E-state index in [2.05, 4.69) is 6.58 Å². The van der Waals surface area contributed by atoms with E-state index < -0.39 is 5.97 Å². The second-order valence-electron chi connectivity index (χ2n) is 4.46. The van der Waals surface area contributed by atoms with Crippen molar-refractivity contribution >= 4 is 17.1 Å². The lowest BCUT2D eigenvalue weighted by atomic mass is 9.99. The van der Waals surface area contributed by atoms with Crippen LogP contribution in [0.4, 0.5) is 0 Å². The number of nitriles is 1. The molecule has 0 heterocycles. The van der Waals surface area contributed by atoms with Crippen LogP contribution in [0.5, 0.6) is 11.5 Å². The Kier molecular flexibility index (Phi) is 6.21. The highest BCUT2D eigenvalue weighted by atomic mass is 16.5. The fraction of sp³-hybridized carbons (Fsp3) is 0.294. The smallest absolute Gasteiger partial charge is 0.332 e. The Morgan fingerprint density at radius 3 is 2.23 bits per heavy atom. The predicted molar refractivity (Wildman–Crippen MR) is 84.5 cm³/mol. The highest BCUT2D eigenvalue weighted by Gasteiger charge is 2.16. The van der Waals surface area contributed by atoms with E-state index in [1.54, 1.807) is 19.1 Å². The Bertz CT molecular complexity index is 628. The van der Waals surface area contributed by atoms with Crippen molar-refractivity contribution in [2.45, 2.75) is 13.8 Å². The minimum Gasteiger partial charge on any atom is -0.496 e. The van der Waals surface area contributed by atoms with E-state index in [0.717, 1.165) is 17.2 Å². The maximum atomic E-state index is 11.5. The summed E-state index contributed by atoms with van der Waals surface area (Å²) in [6, 6.07) is 5.32. The molecule has 1 aromatic carbocycles. The number of carbonyl (C=O) groups excluding carboxylic acids is 1. The van der Waals surface area contributed by atoms with E-state index in [1.165, 1.54) is 14.2 Å². The van der Waals surface area contributed by atoms with Gasteiger partial charge in [0.15, 0.2) is 0 Å². The number of benzene rings is 1. The van der Waals surface area contributed by atoms with Gasteiger partial charge in [0, 0.05) is 6.08 Å². The minimum absolute atomic E-state index is 0.170. The van der Waals surface area contributed by atoms with Crippen LogP contribution in [0.1, 0.15) is 25.0 Å². The minimum atomic E-state index is -0.569. The second-order valence-corrected chi connectivity index (χ2v) is 4.46. The lowest BCUT2D eigenvalue weighted by Gasteiger charge is -2.15. The fourth-order valence-corrected chi connectivity index (χ4v) is 1.97. The number of hydrogen-bond donors (Lipinski definition) is 0. The summed E-state index contributed by atoms with van der Waals surface area (Å²) in [4.78, 5) is 11.5. The van der Waals surface area contributed by atoms with Gasteiger partial charge < -0.3 is 14.2 Å². The highest BCUT2D eigenvalue weighted by molar-refractivity contribution is 5.96. The van der Waals surface area contributed by atoms with Gasteiger partial charge in [-0.1, -0.05) is 6.58 Å². The Morgan fingerprint density at radius 1 is 1.32 bits per heavy atom. The third-order valence-corrected chi connectivity index (χ3v) is 2.91. The fourth-order valence-electron chi connectivity index (χ4n) is 1.97. The summed E-state index contributed by atoms with van der Waals surface area (Å²) < 4.78 is 15.5. The SMILES string of the molecule is C=C(C)c1c(OC)cc(C(C#N)=CC(=O)OCC)cc1OC. The molecule has 0 saturated heterocycles. The monoisotopic (exact) mass is 301 g/mol. The molecule has 0 unspecified atom stereocenters. The summed E-state index contributed by atoms with van der Waals surface area (Å²) in [6.45, 7) is 7.67. The first-order valence-corrected chi connectivity index (χ1v) is 6.69. The first kappa shape index (κ1) is 17.3. The maximum Gasteiger partial charge on any atom is 0.332 e. The molecular formula is C17H19NO4. The molecule has 5 heteroatoms. The number of hydrogen-bond acceptors (Lipinski definition) is 5. The number of carbonyl (C=O) groups is 1. The zero-order valence-corrected chi connectivity index (χ0v) is 13.2. The van der Waals surface area contributed by atoms with E-state index in [4.69, 9.17) is 14.2 Å². The van der Waals surface area contributed by atoms with Crippen molar-refractivity contribution in [2.24, 2.45) is 0 Å². The molecule has 0 aliphatic heterocycles. The molecule has 1 rings (SSSR count). The topological polar surface area (TPSA) is 68.5 Å². The van der Waals surface area contributed by atoms with Crippen LogP contribution in [0.15, 0.2) is 24.8 Å². The molecule has 0 fully saturated rings. The summed E-state index contributed by atoms with van der Waals surface area (Å²) in [7, 11) is 3.04. The van der Waals surface area contributed by atoms with Gasteiger partial charge in [0.2, 0.25) is 0 Å². The van der Waals surface area contributed by atoms with Crippen molar-refractivity contribution in [3.8, 4) is 17.6 Å². The molecule has 0 aliphatic rings. The third-order valence-electron chi connectivity index (χ3n) is 2.91. The number of esters is 1. The van der Waals surface area contributed by atoms with Crippen LogP contribution in [0.25, 0.3) is 11.1 Å². The van der Waals surface area contributed by atoms with Crippen LogP contribution < -0.4 is 9.47 Å². The Morgan fingerprint density at radius 2 is 1.86 bits per heavy atom. The van der Waals surface area contributed by atoms with Crippen molar-refractivity contribution in [1.29, 1.82) is 5.26 Å². The van der Waals surface area contributed by atoms with Crippen molar-refractivity contribution in [3.05, 3.63) is 35.9 Å². The molecule has 0 amide bonds. The van der Waals surface area contributed by atoms with Crippen LogP contribution in [0.2, 0.25) is 0 Å². The van der Waals surface area contributed by atoms with Crippen LogP contribution in [0.3, 0.4) is 0 Å². The predicted octanol–water partition coefficient (Wildman–Crippen LogP) is 3.21. The van der Waals surface area contributed by atoms with Gasteiger partial charge in [-0.2, -0.15) is 5.26 Å². The number of nitrogens with zero attached hydrogens (tertiary/aromatic N) is 1. The van der Waals surface area contributed by atoms with Crippen LogP contribution >= 0.6 is 0 Å². The number of rotatable bonds is 6. The molecule has 0 spiro atoms. The maximum absolute atomic E-state index is 11.5. The lowest BCUT2D eigenvalue weighted by molar-refractivity contribution is -0.137. The average molecular weight is 301 g/mol. The van der Waals surface area contributed by atoms with Gasteiger partial charge in [0.05, 0.1) is 32.0 Å². The van der Waals surface area contributed by atoms with Gasteiger partial charge in [-0.25, -0.2) is 4.79 Å². The first-order valence-electron chi connectivity index (χ1n) is 6.69. The van der Waals surface area contributed by atoms with Crippen LogP contribution in [0, 0.1) is 11.3 Å². The number of ether oxygens (including phenoxy) is 3. The molecule has 116 valence electrons. The van der Waals surface area contributed by atoms with E-state index in [-0.39, 0.29) is 12.2 Å². The zero-order chi connectivity index (χ0) is 16.7. The summed E-state index contributed by atoms with van der Waals surface area (Å²) >= 11 is 0. The van der Waals surface area contributed by atoms with Gasteiger partial charge in [0.25, 0.3) is 0 Å². The molecule has 1 aromatic rings. The van der Waals surface area contributed by atoms with Gasteiger partial charge in [-0.05, 0) is 37.1 Å². The quantitative estimate of drug-likeness (QED) is 0.458. The van der Waals surface area contributed by atoms with Crippen molar-refractivity contribution in [3.63, 3.8) is 0 Å². The number of allylic oxidation sites excluding steroid dienone is 2. The molecule has 0 aliphatic carbocycles.